The van der Waals surface area contributed by atoms with Gasteiger partial charge in [-0.3, -0.25) is 14.9 Å². The first kappa shape index (κ1) is 24.8. The first-order valence-corrected chi connectivity index (χ1v) is 12.0. The standard InChI is InChI=1S/C24H27ClN4O3S/c1-5-10-28-22-12-21(25)17(11-20(22)16(2)13-24(28,3)4)14-26-27-23(30)15-33-19-8-6-18(7-9-19)29(31)32/h6-9,11-14H,5,10,15H2,1-4H3,(H,27,30)/b26-14-. The Bertz CT molecular complexity index is 1110. The summed E-state index contributed by atoms with van der Waals surface area (Å²) >= 11 is 7.83. The van der Waals surface area contributed by atoms with Crippen LogP contribution in [-0.4, -0.2) is 34.9 Å². The lowest BCUT2D eigenvalue weighted by atomic mass is 9.88. The van der Waals surface area contributed by atoms with Gasteiger partial charge in [-0.25, -0.2) is 5.43 Å². The van der Waals surface area contributed by atoms with Crippen molar-refractivity contribution < 1.29 is 9.72 Å². The quantitative estimate of drug-likeness (QED) is 0.217. The zero-order chi connectivity index (χ0) is 24.2. The number of benzene rings is 2. The molecule has 3 rings (SSSR count). The molecule has 0 fully saturated rings. The Kier molecular flexibility index (Phi) is 7.81. The van der Waals surface area contributed by atoms with Gasteiger partial charge in [0.1, 0.15) is 0 Å². The lowest BCUT2D eigenvalue weighted by molar-refractivity contribution is -0.384. The molecule has 1 heterocycles. The average molecular weight is 487 g/mol. The number of nitro groups is 1. The van der Waals surface area contributed by atoms with Gasteiger partial charge in [0, 0.05) is 40.4 Å². The van der Waals surface area contributed by atoms with Crippen molar-refractivity contribution >= 4 is 52.4 Å². The number of nitro benzene ring substituents is 1. The molecule has 1 aliphatic rings. The van der Waals surface area contributed by atoms with Crippen LogP contribution >= 0.6 is 23.4 Å². The first-order chi connectivity index (χ1) is 15.6. The lowest BCUT2D eigenvalue weighted by Crippen LogP contribution is -2.45. The molecule has 0 spiro atoms. The van der Waals surface area contributed by atoms with Gasteiger partial charge >= 0.3 is 0 Å². The number of rotatable bonds is 8. The molecule has 0 aromatic heterocycles. The topological polar surface area (TPSA) is 87.8 Å². The third kappa shape index (κ3) is 5.94. The van der Waals surface area contributed by atoms with Crippen LogP contribution in [0.4, 0.5) is 11.4 Å². The second-order valence-electron chi connectivity index (χ2n) is 8.36. The van der Waals surface area contributed by atoms with E-state index in [-0.39, 0.29) is 22.9 Å². The highest BCUT2D eigenvalue weighted by Gasteiger charge is 2.31. The maximum Gasteiger partial charge on any atom is 0.269 e. The molecule has 0 radical (unpaired) electrons. The van der Waals surface area contributed by atoms with Crippen LogP contribution in [-0.2, 0) is 4.79 Å². The van der Waals surface area contributed by atoms with Crippen molar-refractivity contribution in [3.63, 3.8) is 0 Å². The van der Waals surface area contributed by atoms with E-state index in [0.717, 1.165) is 34.7 Å². The molecule has 174 valence electrons. The van der Waals surface area contributed by atoms with Crippen LogP contribution in [0.25, 0.3) is 5.57 Å². The normalized spacial score (nSPS) is 14.7. The number of halogens is 1. The van der Waals surface area contributed by atoms with Gasteiger partial charge in [0.2, 0.25) is 5.91 Å². The number of carbonyl (C=O) groups is 1. The summed E-state index contributed by atoms with van der Waals surface area (Å²) in [6.07, 6.45) is 4.84. The third-order valence-corrected chi connectivity index (χ3v) is 6.69. The molecule has 0 aliphatic carbocycles. The maximum atomic E-state index is 12.1. The largest absolute Gasteiger partial charge is 0.362 e. The molecule has 0 unspecified atom stereocenters. The number of nitrogens with one attached hydrogen (secondary N) is 1. The van der Waals surface area contributed by atoms with Crippen LogP contribution in [0.5, 0.6) is 0 Å². The van der Waals surface area contributed by atoms with Crippen LogP contribution in [0.15, 0.2) is 52.5 Å². The van der Waals surface area contributed by atoms with Gasteiger partial charge in [-0.2, -0.15) is 5.10 Å². The summed E-state index contributed by atoms with van der Waals surface area (Å²) in [5.41, 5.74) is 6.54. The van der Waals surface area contributed by atoms with Gasteiger partial charge in [0.25, 0.3) is 5.69 Å². The molecule has 0 saturated heterocycles. The third-order valence-electron chi connectivity index (χ3n) is 5.35. The number of nitrogens with zero attached hydrogens (tertiary/aromatic N) is 3. The first-order valence-electron chi connectivity index (χ1n) is 10.6. The zero-order valence-corrected chi connectivity index (χ0v) is 20.7. The molecule has 33 heavy (non-hydrogen) atoms. The second-order valence-corrected chi connectivity index (χ2v) is 9.81. The van der Waals surface area contributed by atoms with Gasteiger partial charge in [-0.1, -0.05) is 24.6 Å². The summed E-state index contributed by atoms with van der Waals surface area (Å²) in [7, 11) is 0. The van der Waals surface area contributed by atoms with Gasteiger partial charge in [0.15, 0.2) is 0 Å². The Morgan fingerprint density at radius 1 is 1.30 bits per heavy atom. The van der Waals surface area contributed by atoms with Crippen LogP contribution in [0, 0.1) is 10.1 Å². The van der Waals surface area contributed by atoms with Crippen LogP contribution in [0.3, 0.4) is 0 Å². The molecule has 7 nitrogen and oxygen atoms in total. The molecule has 1 N–H and O–H groups in total. The Hall–Kier alpha value is -2.84. The molecule has 0 atom stereocenters. The molecular formula is C24H27ClN4O3S. The van der Waals surface area contributed by atoms with E-state index in [9.17, 15) is 14.9 Å². The van der Waals surface area contributed by atoms with E-state index in [4.69, 9.17) is 11.6 Å². The van der Waals surface area contributed by atoms with E-state index in [1.165, 1.54) is 29.5 Å². The fraction of sp³-hybridized carbons (Fsp3) is 0.333. The van der Waals surface area contributed by atoms with E-state index in [2.05, 4.69) is 49.2 Å². The Labute approximate surface area is 203 Å². The fourth-order valence-corrected chi connectivity index (χ4v) is 4.76. The molecular weight excluding hydrogens is 460 g/mol. The van der Waals surface area contributed by atoms with E-state index in [1.807, 2.05) is 12.1 Å². The Balaban J connectivity index is 1.66. The molecule has 1 aliphatic heterocycles. The van der Waals surface area contributed by atoms with Crippen molar-refractivity contribution in [2.45, 2.75) is 44.6 Å². The summed E-state index contributed by atoms with van der Waals surface area (Å²) in [5, 5.41) is 15.3. The number of non-ortho nitro benzene ring substituents is 1. The fourth-order valence-electron chi connectivity index (χ4n) is 3.86. The van der Waals surface area contributed by atoms with Gasteiger partial charge < -0.3 is 4.90 Å². The molecule has 9 heteroatoms. The minimum absolute atomic E-state index is 0.0155. The molecule has 2 aromatic carbocycles. The highest BCUT2D eigenvalue weighted by molar-refractivity contribution is 8.00. The number of hydrogen-bond acceptors (Lipinski definition) is 6. The van der Waals surface area contributed by atoms with E-state index >= 15 is 0 Å². The number of thioether (sulfide) groups is 1. The molecule has 1 amide bonds. The second kappa shape index (κ2) is 10.4. The average Bonchev–Trinajstić information content (AvgIpc) is 2.76. The Morgan fingerprint density at radius 3 is 2.64 bits per heavy atom. The Morgan fingerprint density at radius 2 is 2.00 bits per heavy atom. The highest BCUT2D eigenvalue weighted by Crippen LogP contribution is 2.41. The predicted molar refractivity (Wildman–Crippen MR) is 136 cm³/mol. The zero-order valence-electron chi connectivity index (χ0n) is 19.1. The number of anilines is 1. The SMILES string of the molecule is CCCN1c2cc(Cl)c(/C=N\NC(=O)CSc3ccc([N+](=O)[O-])cc3)cc2C(C)=CC1(C)C. The summed E-state index contributed by atoms with van der Waals surface area (Å²) in [6.45, 7) is 9.57. The number of allylic oxidation sites excluding steroid dienone is 1. The number of carbonyl (C=O) groups excluding carboxylic acids is 1. The van der Waals surface area contributed by atoms with Crippen LogP contribution in [0.2, 0.25) is 5.02 Å². The predicted octanol–water partition coefficient (Wildman–Crippen LogP) is 5.90. The van der Waals surface area contributed by atoms with Crippen LogP contribution < -0.4 is 10.3 Å². The molecule has 0 saturated carbocycles. The van der Waals surface area contributed by atoms with Gasteiger partial charge in [-0.05, 0) is 57.0 Å². The van der Waals surface area contributed by atoms with Crippen molar-refractivity contribution in [1.29, 1.82) is 0 Å². The number of hydrazone groups is 1. The van der Waals surface area contributed by atoms with E-state index in [1.54, 1.807) is 18.3 Å². The van der Waals surface area contributed by atoms with Crippen molar-refractivity contribution in [1.82, 2.24) is 5.43 Å². The van der Waals surface area contributed by atoms with Crippen molar-refractivity contribution in [3.8, 4) is 0 Å². The summed E-state index contributed by atoms with van der Waals surface area (Å²) in [6, 6.07) is 10.0. The summed E-state index contributed by atoms with van der Waals surface area (Å²) in [4.78, 5) is 25.5. The maximum absolute atomic E-state index is 12.1. The minimum Gasteiger partial charge on any atom is -0.362 e. The summed E-state index contributed by atoms with van der Waals surface area (Å²) in [5.74, 6) is -0.147. The number of hydrogen-bond donors (Lipinski definition) is 1. The molecule has 2 aromatic rings. The van der Waals surface area contributed by atoms with E-state index < -0.39 is 4.92 Å². The van der Waals surface area contributed by atoms with Crippen molar-refractivity contribution in [2.75, 3.05) is 17.2 Å². The smallest absolute Gasteiger partial charge is 0.269 e. The minimum atomic E-state index is -0.457. The van der Waals surface area contributed by atoms with Crippen LogP contribution in [0.1, 0.15) is 45.2 Å². The monoisotopic (exact) mass is 486 g/mol. The number of amides is 1. The van der Waals surface area contributed by atoms with Crippen molar-refractivity contribution in [3.05, 3.63) is 68.7 Å². The lowest BCUT2D eigenvalue weighted by Gasteiger charge is -2.43. The molecule has 0 bridgehead atoms. The van der Waals surface area contributed by atoms with E-state index in [0.29, 0.717) is 5.02 Å². The van der Waals surface area contributed by atoms with Gasteiger partial charge in [-0.15, -0.1) is 11.8 Å². The summed E-state index contributed by atoms with van der Waals surface area (Å²) < 4.78 is 0. The number of fused-ring (bicyclic) bond motifs is 1. The van der Waals surface area contributed by atoms with Gasteiger partial charge in [0.05, 0.1) is 27.5 Å². The highest BCUT2D eigenvalue weighted by atomic mass is 35.5. The van der Waals surface area contributed by atoms with Crippen molar-refractivity contribution in [2.24, 2.45) is 5.10 Å².